The molecule has 3 rings (SSSR count). The number of thiazole rings is 1. The van der Waals surface area contributed by atoms with E-state index in [0.29, 0.717) is 32.2 Å². The molecule has 6 heteroatoms. The predicted molar refractivity (Wildman–Crippen MR) is 84.4 cm³/mol. The number of hydrogen-bond acceptors (Lipinski definition) is 4. The highest BCUT2D eigenvalue weighted by molar-refractivity contribution is 7.73. The maximum Gasteiger partial charge on any atom is 0.279 e. The van der Waals surface area contributed by atoms with E-state index in [4.69, 9.17) is 12.2 Å². The van der Waals surface area contributed by atoms with E-state index in [0.717, 1.165) is 5.22 Å². The normalized spacial score (nSPS) is 13.7. The number of carbonyl (C=O) groups excluding carboxylic acids is 1. The van der Waals surface area contributed by atoms with Gasteiger partial charge in [-0.05, 0) is 24.2 Å². The number of aromatic hydroxyl groups is 1. The predicted octanol–water partition coefficient (Wildman–Crippen LogP) is 2.00. The molecule has 1 N–H and O–H groups in total. The van der Waals surface area contributed by atoms with Crippen molar-refractivity contribution in [3.63, 3.8) is 0 Å². The zero-order valence-corrected chi connectivity index (χ0v) is 13.3. The minimum absolute atomic E-state index is 0.0638. The fourth-order valence-electron chi connectivity index (χ4n) is 2.37. The Kier molecular flexibility index (Phi) is 3.51. The molecule has 1 aromatic carbocycles. The van der Waals surface area contributed by atoms with Gasteiger partial charge in [-0.15, -0.1) is 11.3 Å². The maximum atomic E-state index is 12.2. The Bertz CT molecular complexity index is 906. The van der Waals surface area contributed by atoms with Gasteiger partial charge in [-0.1, -0.05) is 32.0 Å². The van der Waals surface area contributed by atoms with Crippen LogP contribution < -0.4 is 10.6 Å². The summed E-state index contributed by atoms with van der Waals surface area (Å²) in [5.74, 6) is 0.0969. The van der Waals surface area contributed by atoms with Gasteiger partial charge >= 0.3 is 0 Å². The molecule has 21 heavy (non-hydrogen) atoms. The monoisotopic (exact) mass is 318 g/mol. The van der Waals surface area contributed by atoms with Crippen LogP contribution in [0.15, 0.2) is 29.3 Å². The topological polar surface area (TPSA) is 54.6 Å². The summed E-state index contributed by atoms with van der Waals surface area (Å²) in [6, 6.07) is 7.33. The van der Waals surface area contributed by atoms with Crippen molar-refractivity contribution in [3.8, 4) is 5.88 Å². The second kappa shape index (κ2) is 5.20. The molecule has 1 amide bonds. The SMILES string of the molecule is CC(C)Cn1c(O)c(C2=c3ccccc3=NC2=O)sc1=S. The Morgan fingerprint density at radius 1 is 1.38 bits per heavy atom. The average molecular weight is 318 g/mol. The minimum atomic E-state index is -0.320. The number of aromatic nitrogens is 1. The molecule has 0 spiro atoms. The van der Waals surface area contributed by atoms with E-state index in [9.17, 15) is 9.90 Å². The molecule has 0 saturated carbocycles. The van der Waals surface area contributed by atoms with Gasteiger partial charge in [-0.25, -0.2) is 4.99 Å². The van der Waals surface area contributed by atoms with E-state index in [2.05, 4.69) is 18.8 Å². The summed E-state index contributed by atoms with van der Waals surface area (Å²) in [6.07, 6.45) is 0. The second-order valence-corrected chi connectivity index (χ2v) is 6.98. The number of hydrogen-bond donors (Lipinski definition) is 1. The Labute approximate surface area is 130 Å². The first-order chi connectivity index (χ1) is 9.99. The van der Waals surface area contributed by atoms with Gasteiger partial charge in [0, 0.05) is 11.8 Å². The van der Waals surface area contributed by atoms with Gasteiger partial charge in [0.2, 0.25) is 5.88 Å². The average Bonchev–Trinajstić information content (AvgIpc) is 2.89. The minimum Gasteiger partial charge on any atom is -0.493 e. The molecule has 4 nitrogen and oxygen atoms in total. The van der Waals surface area contributed by atoms with Gasteiger partial charge in [-0.2, -0.15) is 0 Å². The third-order valence-electron chi connectivity index (χ3n) is 3.25. The molecule has 2 heterocycles. The first-order valence-corrected chi connectivity index (χ1v) is 7.87. The Morgan fingerprint density at radius 3 is 2.81 bits per heavy atom. The zero-order chi connectivity index (χ0) is 15.1. The van der Waals surface area contributed by atoms with Crippen molar-refractivity contribution in [1.29, 1.82) is 0 Å². The molecule has 1 aromatic heterocycles. The van der Waals surface area contributed by atoms with Crippen LogP contribution in [0.25, 0.3) is 5.57 Å². The highest BCUT2D eigenvalue weighted by Crippen LogP contribution is 2.32. The standard InChI is InChI=1S/C15H14N2O2S2/c1-8(2)7-17-14(19)12(21-15(17)20)11-9-5-3-4-6-10(9)16-13(11)18/h3-6,8,19H,7H2,1-2H3. The molecule has 0 unspecified atom stereocenters. The van der Waals surface area contributed by atoms with E-state index in [1.54, 1.807) is 10.6 Å². The quantitative estimate of drug-likeness (QED) is 0.881. The lowest BCUT2D eigenvalue weighted by atomic mass is 10.1. The molecule has 0 atom stereocenters. The van der Waals surface area contributed by atoms with E-state index in [1.165, 1.54) is 11.3 Å². The molecule has 0 radical (unpaired) electrons. The highest BCUT2D eigenvalue weighted by Gasteiger charge is 2.25. The van der Waals surface area contributed by atoms with Gasteiger partial charge in [0.25, 0.3) is 5.91 Å². The highest BCUT2D eigenvalue weighted by atomic mass is 32.1. The van der Waals surface area contributed by atoms with Crippen molar-refractivity contribution in [3.05, 3.63) is 43.7 Å². The number of para-hydroxylation sites is 1. The van der Waals surface area contributed by atoms with Crippen LogP contribution in [-0.2, 0) is 11.3 Å². The summed E-state index contributed by atoms with van der Waals surface area (Å²) in [4.78, 5) is 16.7. The smallest absolute Gasteiger partial charge is 0.279 e. The Hall–Kier alpha value is -1.79. The van der Waals surface area contributed by atoms with E-state index in [-0.39, 0.29) is 11.8 Å². The van der Waals surface area contributed by atoms with Gasteiger partial charge < -0.3 is 5.11 Å². The Morgan fingerprint density at radius 2 is 2.10 bits per heavy atom. The van der Waals surface area contributed by atoms with Crippen LogP contribution in [0.2, 0.25) is 0 Å². The number of nitrogens with zero attached hydrogens (tertiary/aromatic N) is 2. The maximum absolute atomic E-state index is 12.2. The van der Waals surface area contributed by atoms with Crippen molar-refractivity contribution in [2.45, 2.75) is 20.4 Å². The van der Waals surface area contributed by atoms with Gasteiger partial charge in [0.15, 0.2) is 3.95 Å². The lowest BCUT2D eigenvalue weighted by Crippen LogP contribution is -2.22. The number of benzene rings is 1. The lowest BCUT2D eigenvalue weighted by molar-refractivity contribution is -0.112. The van der Waals surface area contributed by atoms with Crippen LogP contribution in [0.1, 0.15) is 18.7 Å². The van der Waals surface area contributed by atoms with Gasteiger partial charge in [-0.3, -0.25) is 9.36 Å². The zero-order valence-electron chi connectivity index (χ0n) is 11.7. The van der Waals surface area contributed by atoms with E-state index < -0.39 is 0 Å². The molecule has 0 bridgehead atoms. The summed E-state index contributed by atoms with van der Waals surface area (Å²) >= 11 is 6.58. The van der Waals surface area contributed by atoms with Gasteiger partial charge in [0.05, 0.1) is 10.9 Å². The molecule has 2 aromatic rings. The number of amides is 1. The summed E-state index contributed by atoms with van der Waals surface area (Å²) in [7, 11) is 0. The van der Waals surface area contributed by atoms with Crippen molar-refractivity contribution in [2.24, 2.45) is 10.9 Å². The van der Waals surface area contributed by atoms with Crippen LogP contribution in [0, 0.1) is 9.87 Å². The number of rotatable bonds is 3. The molecule has 1 aliphatic rings. The fraction of sp³-hybridized carbons (Fsp3) is 0.267. The Balaban J connectivity index is 2.27. The third-order valence-corrected chi connectivity index (χ3v) is 4.71. The molecule has 0 aliphatic carbocycles. The molecular weight excluding hydrogens is 304 g/mol. The van der Waals surface area contributed by atoms with Crippen molar-refractivity contribution < 1.29 is 9.90 Å². The number of fused-ring (bicyclic) bond motifs is 1. The van der Waals surface area contributed by atoms with Crippen molar-refractivity contribution in [2.75, 3.05) is 0 Å². The van der Waals surface area contributed by atoms with Crippen molar-refractivity contribution in [1.82, 2.24) is 4.57 Å². The lowest BCUT2D eigenvalue weighted by Gasteiger charge is -2.07. The van der Waals surface area contributed by atoms with Crippen LogP contribution in [-0.4, -0.2) is 15.6 Å². The van der Waals surface area contributed by atoms with Crippen molar-refractivity contribution >= 4 is 35.0 Å². The number of carbonyl (C=O) groups is 1. The van der Waals surface area contributed by atoms with Gasteiger partial charge in [0.1, 0.15) is 4.88 Å². The molecule has 108 valence electrons. The van der Waals surface area contributed by atoms with Crippen LogP contribution in [0.5, 0.6) is 5.88 Å². The molecular formula is C15H14N2O2S2. The van der Waals surface area contributed by atoms with Crippen LogP contribution in [0.4, 0.5) is 0 Å². The fourth-order valence-corrected chi connectivity index (χ4v) is 3.73. The van der Waals surface area contributed by atoms with E-state index in [1.807, 2.05) is 18.2 Å². The third kappa shape index (κ3) is 2.34. The molecule has 1 aliphatic heterocycles. The molecule has 0 saturated heterocycles. The summed E-state index contributed by atoms with van der Waals surface area (Å²) < 4.78 is 2.25. The van der Waals surface area contributed by atoms with Crippen LogP contribution >= 0.6 is 23.6 Å². The van der Waals surface area contributed by atoms with E-state index >= 15 is 0 Å². The second-order valence-electron chi connectivity index (χ2n) is 5.33. The first kappa shape index (κ1) is 14.2. The molecule has 0 fully saturated rings. The largest absolute Gasteiger partial charge is 0.493 e. The summed E-state index contributed by atoms with van der Waals surface area (Å²) in [6.45, 7) is 4.73. The van der Waals surface area contributed by atoms with Crippen LogP contribution in [0.3, 0.4) is 0 Å². The summed E-state index contributed by atoms with van der Waals surface area (Å²) in [5.41, 5.74) is 0.446. The summed E-state index contributed by atoms with van der Waals surface area (Å²) in [5, 5.41) is 11.9. The first-order valence-electron chi connectivity index (χ1n) is 6.64.